The van der Waals surface area contributed by atoms with E-state index in [1.807, 2.05) is 12.1 Å². The Hall–Kier alpha value is -1.03. The first-order valence-electron chi connectivity index (χ1n) is 5.81. The molecular formula is C14H16ClNOS. The van der Waals surface area contributed by atoms with Crippen LogP contribution in [0.15, 0.2) is 24.3 Å². The van der Waals surface area contributed by atoms with Crippen LogP contribution in [-0.4, -0.2) is 5.11 Å². The lowest BCUT2D eigenvalue weighted by Gasteiger charge is -2.06. The maximum atomic E-state index is 9.77. The third-order valence-corrected chi connectivity index (χ3v) is 4.36. The molecule has 2 N–H and O–H groups in total. The SMILES string of the molecule is Cc1cc(CNCc2cccc(Cl)c2O)sc1C. The maximum Gasteiger partial charge on any atom is 0.138 e. The van der Waals surface area contributed by atoms with E-state index in [1.54, 1.807) is 17.4 Å². The van der Waals surface area contributed by atoms with Gasteiger partial charge in [-0.3, -0.25) is 0 Å². The molecule has 0 amide bonds. The van der Waals surface area contributed by atoms with E-state index in [2.05, 4.69) is 25.2 Å². The van der Waals surface area contributed by atoms with Crippen molar-refractivity contribution in [3.63, 3.8) is 0 Å². The summed E-state index contributed by atoms with van der Waals surface area (Å²) in [5.41, 5.74) is 2.16. The van der Waals surface area contributed by atoms with E-state index in [9.17, 15) is 5.11 Å². The molecule has 0 atom stereocenters. The maximum absolute atomic E-state index is 9.77. The van der Waals surface area contributed by atoms with E-state index in [4.69, 9.17) is 11.6 Å². The molecule has 0 bridgehead atoms. The van der Waals surface area contributed by atoms with Crippen LogP contribution in [0.2, 0.25) is 5.02 Å². The van der Waals surface area contributed by atoms with Crippen LogP contribution in [0.1, 0.15) is 20.9 Å². The van der Waals surface area contributed by atoms with Gasteiger partial charge in [0.25, 0.3) is 0 Å². The predicted octanol–water partition coefficient (Wildman–Crippen LogP) is 4.01. The number of phenolic OH excluding ortho intramolecular Hbond substituents is 1. The number of rotatable bonds is 4. The molecule has 0 saturated carbocycles. The molecular weight excluding hydrogens is 266 g/mol. The quantitative estimate of drug-likeness (QED) is 0.887. The zero-order chi connectivity index (χ0) is 13.1. The average molecular weight is 282 g/mol. The molecule has 0 aliphatic rings. The minimum atomic E-state index is 0.171. The highest BCUT2D eigenvalue weighted by Gasteiger charge is 2.05. The summed E-state index contributed by atoms with van der Waals surface area (Å²) in [7, 11) is 0. The number of hydrogen-bond acceptors (Lipinski definition) is 3. The van der Waals surface area contributed by atoms with Gasteiger partial charge in [0.05, 0.1) is 5.02 Å². The lowest BCUT2D eigenvalue weighted by Crippen LogP contribution is -2.11. The standard InChI is InChI=1S/C14H16ClNOS/c1-9-6-12(18-10(9)2)8-16-7-11-4-3-5-13(15)14(11)17/h3-6,16-17H,7-8H2,1-2H3. The molecule has 18 heavy (non-hydrogen) atoms. The predicted molar refractivity (Wildman–Crippen MR) is 77.5 cm³/mol. The highest BCUT2D eigenvalue weighted by Crippen LogP contribution is 2.27. The van der Waals surface area contributed by atoms with Crippen molar-refractivity contribution in [3.05, 3.63) is 50.2 Å². The molecule has 0 unspecified atom stereocenters. The molecule has 4 heteroatoms. The van der Waals surface area contributed by atoms with Gasteiger partial charge in [-0.2, -0.15) is 0 Å². The molecule has 0 saturated heterocycles. The normalized spacial score (nSPS) is 10.8. The Balaban J connectivity index is 1.94. The Morgan fingerprint density at radius 2 is 2.06 bits per heavy atom. The van der Waals surface area contributed by atoms with Crippen molar-refractivity contribution < 1.29 is 5.11 Å². The minimum Gasteiger partial charge on any atom is -0.506 e. The zero-order valence-electron chi connectivity index (χ0n) is 10.5. The molecule has 2 nitrogen and oxygen atoms in total. The van der Waals surface area contributed by atoms with Crippen LogP contribution in [0.3, 0.4) is 0 Å². The third-order valence-electron chi connectivity index (χ3n) is 2.90. The van der Waals surface area contributed by atoms with Crippen LogP contribution in [0, 0.1) is 13.8 Å². The second kappa shape index (κ2) is 5.74. The summed E-state index contributed by atoms with van der Waals surface area (Å²) in [6.07, 6.45) is 0. The largest absolute Gasteiger partial charge is 0.506 e. The fourth-order valence-electron chi connectivity index (χ4n) is 1.76. The monoisotopic (exact) mass is 281 g/mol. The fourth-order valence-corrected chi connectivity index (χ4v) is 2.98. The van der Waals surface area contributed by atoms with E-state index in [0.29, 0.717) is 11.6 Å². The summed E-state index contributed by atoms with van der Waals surface area (Å²) < 4.78 is 0. The number of para-hydroxylation sites is 1. The van der Waals surface area contributed by atoms with Crippen LogP contribution < -0.4 is 5.32 Å². The van der Waals surface area contributed by atoms with E-state index in [1.165, 1.54) is 15.3 Å². The molecule has 2 rings (SSSR count). The molecule has 1 heterocycles. The molecule has 1 aromatic heterocycles. The summed E-state index contributed by atoms with van der Waals surface area (Å²) >= 11 is 7.66. The Bertz CT molecular complexity index is 531. The van der Waals surface area contributed by atoms with E-state index < -0.39 is 0 Å². The van der Waals surface area contributed by atoms with Gasteiger partial charge >= 0.3 is 0 Å². The van der Waals surface area contributed by atoms with Crippen molar-refractivity contribution in [2.75, 3.05) is 0 Å². The number of thiophene rings is 1. The first kappa shape index (κ1) is 13.4. The number of hydrogen-bond donors (Lipinski definition) is 2. The number of halogens is 1. The van der Waals surface area contributed by atoms with Crippen molar-refractivity contribution in [1.29, 1.82) is 0 Å². The van der Waals surface area contributed by atoms with Crippen molar-refractivity contribution in [2.24, 2.45) is 0 Å². The number of benzene rings is 1. The second-order valence-electron chi connectivity index (χ2n) is 4.30. The molecule has 0 radical (unpaired) electrons. The summed E-state index contributed by atoms with van der Waals surface area (Å²) in [6.45, 7) is 5.68. The van der Waals surface area contributed by atoms with Crippen molar-refractivity contribution >= 4 is 22.9 Å². The molecule has 0 fully saturated rings. The Labute approximate surface area is 116 Å². The highest BCUT2D eigenvalue weighted by atomic mass is 35.5. The summed E-state index contributed by atoms with van der Waals surface area (Å²) in [5.74, 6) is 0.171. The molecule has 0 aliphatic heterocycles. The van der Waals surface area contributed by atoms with Gasteiger partial charge in [0.2, 0.25) is 0 Å². The van der Waals surface area contributed by atoms with Crippen LogP contribution in [-0.2, 0) is 13.1 Å². The number of aromatic hydroxyl groups is 1. The Morgan fingerprint density at radius 1 is 1.28 bits per heavy atom. The van der Waals surface area contributed by atoms with Crippen LogP contribution >= 0.6 is 22.9 Å². The third kappa shape index (κ3) is 3.05. The summed E-state index contributed by atoms with van der Waals surface area (Å²) in [6, 6.07) is 7.61. The molecule has 2 aromatic rings. The van der Waals surface area contributed by atoms with Gasteiger partial charge in [-0.25, -0.2) is 0 Å². The molecule has 0 spiro atoms. The van der Waals surface area contributed by atoms with E-state index in [0.717, 1.165) is 12.1 Å². The molecule has 1 aromatic carbocycles. The first-order chi connectivity index (χ1) is 8.58. The summed E-state index contributed by atoms with van der Waals surface area (Å²) in [5, 5.41) is 13.5. The van der Waals surface area contributed by atoms with Gasteiger partial charge in [0.15, 0.2) is 0 Å². The van der Waals surface area contributed by atoms with E-state index in [-0.39, 0.29) is 5.75 Å². The number of nitrogens with one attached hydrogen (secondary N) is 1. The molecule has 0 aliphatic carbocycles. The van der Waals surface area contributed by atoms with Crippen molar-refractivity contribution in [3.8, 4) is 5.75 Å². The lowest BCUT2D eigenvalue weighted by molar-refractivity contribution is 0.465. The smallest absolute Gasteiger partial charge is 0.138 e. The Morgan fingerprint density at radius 3 is 2.72 bits per heavy atom. The van der Waals surface area contributed by atoms with Gasteiger partial charge in [-0.1, -0.05) is 23.7 Å². The number of phenols is 1. The van der Waals surface area contributed by atoms with Crippen LogP contribution in [0.25, 0.3) is 0 Å². The fraction of sp³-hybridized carbons (Fsp3) is 0.286. The lowest BCUT2D eigenvalue weighted by atomic mass is 10.2. The first-order valence-corrected chi connectivity index (χ1v) is 7.00. The number of aryl methyl sites for hydroxylation is 2. The van der Waals surface area contributed by atoms with Crippen LogP contribution in [0.5, 0.6) is 5.75 Å². The molecule has 96 valence electrons. The van der Waals surface area contributed by atoms with E-state index >= 15 is 0 Å². The van der Waals surface area contributed by atoms with Crippen LogP contribution in [0.4, 0.5) is 0 Å². The topological polar surface area (TPSA) is 32.3 Å². The van der Waals surface area contributed by atoms with Gasteiger partial charge in [0, 0.05) is 28.4 Å². The van der Waals surface area contributed by atoms with Gasteiger partial charge < -0.3 is 10.4 Å². The van der Waals surface area contributed by atoms with Gasteiger partial charge in [-0.15, -0.1) is 11.3 Å². The van der Waals surface area contributed by atoms with Gasteiger partial charge in [0.1, 0.15) is 5.75 Å². The highest BCUT2D eigenvalue weighted by molar-refractivity contribution is 7.12. The van der Waals surface area contributed by atoms with Gasteiger partial charge in [-0.05, 0) is 31.5 Å². The average Bonchev–Trinajstić information content (AvgIpc) is 2.64. The second-order valence-corrected chi connectivity index (χ2v) is 6.05. The minimum absolute atomic E-state index is 0.171. The van der Waals surface area contributed by atoms with Crippen molar-refractivity contribution in [1.82, 2.24) is 5.32 Å². The Kier molecular flexibility index (Phi) is 4.27. The van der Waals surface area contributed by atoms with Crippen molar-refractivity contribution in [2.45, 2.75) is 26.9 Å². The summed E-state index contributed by atoms with van der Waals surface area (Å²) in [4.78, 5) is 2.67. The zero-order valence-corrected chi connectivity index (χ0v) is 12.0.